The van der Waals surface area contributed by atoms with Crippen molar-refractivity contribution in [3.8, 4) is 11.3 Å². The van der Waals surface area contributed by atoms with Crippen LogP contribution >= 0.6 is 0 Å². The molecule has 15 heteroatoms. The molecular formula is C18H20F3N11O. The number of alkyl halides is 3. The summed E-state index contributed by atoms with van der Waals surface area (Å²) in [7, 11) is 0. The van der Waals surface area contributed by atoms with Crippen LogP contribution in [0.25, 0.3) is 16.9 Å². The Morgan fingerprint density at radius 1 is 1.30 bits per heavy atom. The van der Waals surface area contributed by atoms with Gasteiger partial charge in [0.25, 0.3) is 0 Å². The van der Waals surface area contributed by atoms with Gasteiger partial charge in [-0.3, -0.25) is 10.7 Å². The molecule has 174 valence electrons. The fourth-order valence-corrected chi connectivity index (χ4v) is 2.98. The Morgan fingerprint density at radius 3 is 2.85 bits per heavy atom. The zero-order valence-electron chi connectivity index (χ0n) is 17.3. The molecule has 0 aromatic carbocycles. The highest BCUT2D eigenvalue weighted by molar-refractivity contribution is 5.89. The minimum Gasteiger partial charge on any atom is -0.383 e. The largest absolute Gasteiger partial charge is 0.419 e. The molecule has 0 aliphatic carbocycles. The monoisotopic (exact) mass is 463 g/mol. The van der Waals surface area contributed by atoms with Crippen LogP contribution in [0.4, 0.5) is 29.6 Å². The van der Waals surface area contributed by atoms with Crippen LogP contribution in [0.15, 0.2) is 35.7 Å². The summed E-state index contributed by atoms with van der Waals surface area (Å²) in [6, 6.07) is 3.47. The zero-order chi connectivity index (χ0) is 23.6. The number of hydrazine groups is 2. The highest BCUT2D eigenvalue weighted by Crippen LogP contribution is 2.34. The van der Waals surface area contributed by atoms with E-state index in [1.807, 2.05) is 6.92 Å². The van der Waals surface area contributed by atoms with Crippen molar-refractivity contribution in [2.24, 2.45) is 5.10 Å². The van der Waals surface area contributed by atoms with E-state index in [4.69, 9.17) is 5.73 Å². The van der Waals surface area contributed by atoms with Gasteiger partial charge in [0.05, 0.1) is 17.5 Å². The van der Waals surface area contributed by atoms with Crippen LogP contribution in [0.2, 0.25) is 0 Å². The second-order valence-electron chi connectivity index (χ2n) is 6.95. The number of imidazole rings is 1. The normalized spacial score (nSPS) is 14.0. The molecule has 12 nitrogen and oxygen atoms in total. The van der Waals surface area contributed by atoms with E-state index in [-0.39, 0.29) is 17.1 Å². The molecule has 1 aliphatic heterocycles. The molecule has 3 aromatic rings. The molecule has 1 aliphatic rings. The van der Waals surface area contributed by atoms with Gasteiger partial charge in [0.15, 0.2) is 11.5 Å². The predicted molar refractivity (Wildman–Crippen MR) is 113 cm³/mol. The van der Waals surface area contributed by atoms with Crippen molar-refractivity contribution in [2.75, 3.05) is 24.1 Å². The third kappa shape index (κ3) is 5.03. The van der Waals surface area contributed by atoms with Crippen LogP contribution in [0, 0.1) is 0 Å². The van der Waals surface area contributed by atoms with Crippen molar-refractivity contribution < 1.29 is 18.0 Å². The van der Waals surface area contributed by atoms with E-state index >= 15 is 0 Å². The maximum atomic E-state index is 13.1. The summed E-state index contributed by atoms with van der Waals surface area (Å²) < 4.78 is 40.7. The quantitative estimate of drug-likeness (QED) is 0.370. The molecule has 0 unspecified atom stereocenters. The van der Waals surface area contributed by atoms with E-state index in [1.165, 1.54) is 23.0 Å². The number of nitrogens with two attached hydrogens (primary N) is 1. The lowest BCUT2D eigenvalue weighted by Gasteiger charge is -2.12. The summed E-state index contributed by atoms with van der Waals surface area (Å²) in [6.07, 6.45) is -1.49. The molecule has 0 radical (unpaired) electrons. The Bertz CT molecular complexity index is 1210. The van der Waals surface area contributed by atoms with E-state index in [9.17, 15) is 18.0 Å². The molecule has 3 aromatic heterocycles. The maximum absolute atomic E-state index is 13.1. The number of nitrogen functional groups attached to an aromatic ring is 1. The lowest BCUT2D eigenvalue weighted by atomic mass is 10.1. The molecule has 2 amide bonds. The number of amidine groups is 1. The number of carbonyl (C=O) groups excluding carboxylic acids is 1. The number of halogens is 3. The highest BCUT2D eigenvalue weighted by Gasteiger charge is 2.34. The highest BCUT2D eigenvalue weighted by atomic mass is 19.4. The van der Waals surface area contributed by atoms with Crippen LogP contribution in [0.3, 0.4) is 0 Å². The predicted octanol–water partition coefficient (Wildman–Crippen LogP) is 1.56. The van der Waals surface area contributed by atoms with Gasteiger partial charge in [-0.05, 0) is 25.1 Å². The number of hydrazone groups is 1. The molecule has 0 saturated carbocycles. The van der Waals surface area contributed by atoms with E-state index in [0.717, 1.165) is 6.07 Å². The van der Waals surface area contributed by atoms with Gasteiger partial charge in [0.2, 0.25) is 0 Å². The van der Waals surface area contributed by atoms with Crippen molar-refractivity contribution in [1.29, 1.82) is 0 Å². The summed E-state index contributed by atoms with van der Waals surface area (Å²) in [4.78, 5) is 20.0. The van der Waals surface area contributed by atoms with Gasteiger partial charge < -0.3 is 11.1 Å². The van der Waals surface area contributed by atoms with E-state index in [0.29, 0.717) is 31.0 Å². The number of urea groups is 1. The SMILES string of the molecule is CCN1NN=C(CCNC(=O)Nc2cn3nc(-c4cnc(N)c(C(F)(F)F)c4)ccc3n2)N1. The maximum Gasteiger partial charge on any atom is 0.419 e. The number of hydrogen-bond acceptors (Lipinski definition) is 9. The van der Waals surface area contributed by atoms with Crippen LogP contribution in [0.5, 0.6) is 0 Å². The first kappa shape index (κ1) is 22.1. The fraction of sp³-hybridized carbons (Fsp3) is 0.278. The summed E-state index contributed by atoms with van der Waals surface area (Å²) in [6.45, 7) is 2.99. The molecule has 4 rings (SSSR count). The number of anilines is 2. The van der Waals surface area contributed by atoms with Gasteiger partial charge in [-0.25, -0.2) is 24.8 Å². The second kappa shape index (κ2) is 8.78. The molecule has 0 saturated heterocycles. The van der Waals surface area contributed by atoms with Gasteiger partial charge >= 0.3 is 12.2 Å². The van der Waals surface area contributed by atoms with Crippen LogP contribution in [-0.2, 0) is 6.18 Å². The molecule has 0 fully saturated rings. The Balaban J connectivity index is 1.41. The Kier molecular flexibility index (Phi) is 5.87. The van der Waals surface area contributed by atoms with Gasteiger partial charge in [-0.1, -0.05) is 0 Å². The fourth-order valence-electron chi connectivity index (χ4n) is 2.98. The number of nitrogens with zero attached hydrogens (tertiary/aromatic N) is 6. The molecule has 33 heavy (non-hydrogen) atoms. The van der Waals surface area contributed by atoms with Crippen LogP contribution in [0.1, 0.15) is 18.9 Å². The molecular weight excluding hydrogens is 443 g/mol. The van der Waals surface area contributed by atoms with Crippen LogP contribution < -0.4 is 27.3 Å². The topological polar surface area (TPSA) is 150 Å². The van der Waals surface area contributed by atoms with Crippen molar-refractivity contribution in [2.45, 2.75) is 19.5 Å². The van der Waals surface area contributed by atoms with Crippen molar-refractivity contribution >= 4 is 29.1 Å². The lowest BCUT2D eigenvalue weighted by molar-refractivity contribution is -0.137. The minimum absolute atomic E-state index is 0.138. The van der Waals surface area contributed by atoms with Crippen molar-refractivity contribution in [1.82, 2.24) is 41.0 Å². The number of nitrogens with one attached hydrogen (secondary N) is 4. The van der Waals surface area contributed by atoms with E-state index in [1.54, 1.807) is 11.2 Å². The lowest BCUT2D eigenvalue weighted by Crippen LogP contribution is -2.41. The molecule has 0 bridgehead atoms. The summed E-state index contributed by atoms with van der Waals surface area (Å²) >= 11 is 0. The molecule has 0 spiro atoms. The number of carbonyl (C=O) groups is 1. The third-order valence-corrected chi connectivity index (χ3v) is 4.61. The first-order chi connectivity index (χ1) is 15.7. The van der Waals surface area contributed by atoms with Gasteiger partial charge in [0, 0.05) is 31.3 Å². The molecule has 4 heterocycles. The Hall–Kier alpha value is -4.14. The molecule has 0 atom stereocenters. The molecule has 6 N–H and O–H groups in total. The smallest absolute Gasteiger partial charge is 0.383 e. The second-order valence-corrected chi connectivity index (χ2v) is 6.95. The van der Waals surface area contributed by atoms with Gasteiger partial charge in [-0.2, -0.15) is 18.3 Å². The number of rotatable bonds is 6. The first-order valence-electron chi connectivity index (χ1n) is 9.83. The summed E-state index contributed by atoms with van der Waals surface area (Å²) in [5.41, 5.74) is 10.9. The first-order valence-corrected chi connectivity index (χ1v) is 9.83. The average molecular weight is 463 g/mol. The third-order valence-electron chi connectivity index (χ3n) is 4.61. The van der Waals surface area contributed by atoms with E-state index in [2.05, 4.69) is 41.8 Å². The number of hydrogen-bond donors (Lipinski definition) is 5. The number of amides is 2. The minimum atomic E-state index is -4.64. The van der Waals surface area contributed by atoms with E-state index < -0.39 is 23.6 Å². The summed E-state index contributed by atoms with van der Waals surface area (Å²) in [5.74, 6) is 0.299. The van der Waals surface area contributed by atoms with Gasteiger partial charge in [-0.15, -0.1) is 10.2 Å². The number of fused-ring (bicyclic) bond motifs is 1. The summed E-state index contributed by atoms with van der Waals surface area (Å²) in [5, 5.41) is 15.3. The number of aromatic nitrogens is 4. The van der Waals surface area contributed by atoms with Crippen molar-refractivity contribution in [3.63, 3.8) is 0 Å². The standard InChI is InChI=1S/C18H20F3N11O/c1-2-32-29-13(27-30-32)5-6-23-17(33)26-14-9-31-15(25-14)4-3-12(28-31)10-7-11(18(19,20)21)16(22)24-8-10/h3-4,7-9,30H,2,5-6H2,1H3,(H2,22,24)(H,27,29)(H2,23,26,33). The van der Waals surface area contributed by atoms with Crippen molar-refractivity contribution in [3.05, 3.63) is 36.2 Å². The zero-order valence-corrected chi connectivity index (χ0v) is 17.3. The Morgan fingerprint density at radius 2 is 2.12 bits per heavy atom. The van der Waals surface area contributed by atoms with Crippen LogP contribution in [-0.4, -0.2) is 49.7 Å². The van der Waals surface area contributed by atoms with Gasteiger partial charge in [0.1, 0.15) is 11.7 Å². The average Bonchev–Trinajstić information content (AvgIpc) is 3.38. The number of pyridine rings is 1. The Labute approximate surface area is 185 Å².